The van der Waals surface area contributed by atoms with E-state index >= 15 is 0 Å². The molecule has 1 rings (SSSR count). The van der Waals surface area contributed by atoms with Crippen molar-refractivity contribution in [1.82, 2.24) is 5.32 Å². The first-order chi connectivity index (χ1) is 5.97. The summed E-state index contributed by atoms with van der Waals surface area (Å²) in [4.78, 5) is 0. The van der Waals surface area contributed by atoms with E-state index in [0.717, 1.165) is 0 Å². The van der Waals surface area contributed by atoms with Crippen molar-refractivity contribution in [2.75, 3.05) is 18.1 Å². The van der Waals surface area contributed by atoms with E-state index < -0.39 is 9.84 Å². The Morgan fingerprint density at radius 1 is 1.54 bits per heavy atom. The van der Waals surface area contributed by atoms with Crippen molar-refractivity contribution in [1.29, 1.82) is 0 Å². The van der Waals surface area contributed by atoms with Crippen LogP contribution < -0.4 is 5.32 Å². The van der Waals surface area contributed by atoms with Gasteiger partial charge in [-0.15, -0.1) is 5.92 Å². The summed E-state index contributed by atoms with van der Waals surface area (Å²) >= 11 is 0. The van der Waals surface area contributed by atoms with E-state index in [1.165, 1.54) is 0 Å². The van der Waals surface area contributed by atoms with Gasteiger partial charge >= 0.3 is 0 Å². The van der Waals surface area contributed by atoms with Gasteiger partial charge in [0.05, 0.1) is 18.1 Å². The van der Waals surface area contributed by atoms with E-state index in [-0.39, 0.29) is 11.3 Å². The fraction of sp³-hybridized carbons (Fsp3) is 0.778. The quantitative estimate of drug-likeness (QED) is 0.648. The van der Waals surface area contributed by atoms with Crippen LogP contribution in [0.15, 0.2) is 0 Å². The highest BCUT2D eigenvalue weighted by atomic mass is 32.2. The molecule has 1 fully saturated rings. The molecule has 13 heavy (non-hydrogen) atoms. The van der Waals surface area contributed by atoms with Crippen LogP contribution in [0.5, 0.6) is 0 Å². The first-order valence-corrected chi connectivity index (χ1v) is 6.15. The topological polar surface area (TPSA) is 46.2 Å². The van der Waals surface area contributed by atoms with Crippen molar-refractivity contribution < 1.29 is 8.42 Å². The summed E-state index contributed by atoms with van der Waals surface area (Å²) < 4.78 is 22.4. The Balaban J connectivity index is 2.53. The number of hydrogen-bond donors (Lipinski definition) is 1. The number of hydrogen-bond acceptors (Lipinski definition) is 3. The van der Waals surface area contributed by atoms with E-state index in [2.05, 4.69) is 17.2 Å². The van der Waals surface area contributed by atoms with Crippen LogP contribution in [0.4, 0.5) is 0 Å². The average Bonchev–Trinajstić information content (AvgIpc) is 2.27. The summed E-state index contributed by atoms with van der Waals surface area (Å²) in [5.74, 6) is 6.18. The lowest BCUT2D eigenvalue weighted by molar-refractivity contribution is 0.420. The second-order valence-corrected chi connectivity index (χ2v) is 5.87. The monoisotopic (exact) mass is 201 g/mol. The molecule has 1 aliphatic rings. The molecule has 0 spiro atoms. The van der Waals surface area contributed by atoms with Gasteiger partial charge in [0.25, 0.3) is 0 Å². The van der Waals surface area contributed by atoms with Crippen LogP contribution >= 0.6 is 0 Å². The fourth-order valence-electron chi connectivity index (χ4n) is 1.50. The summed E-state index contributed by atoms with van der Waals surface area (Å²) in [6, 6.07) is 0. The maximum Gasteiger partial charge on any atom is 0.152 e. The van der Waals surface area contributed by atoms with E-state index in [9.17, 15) is 8.42 Å². The Hall–Kier alpha value is -0.530. The van der Waals surface area contributed by atoms with Crippen LogP contribution in [-0.2, 0) is 9.84 Å². The van der Waals surface area contributed by atoms with Crippen LogP contribution in [0, 0.1) is 11.8 Å². The average molecular weight is 201 g/mol. The predicted molar refractivity (Wildman–Crippen MR) is 53.1 cm³/mol. The molecule has 0 aliphatic carbocycles. The van der Waals surface area contributed by atoms with Crippen molar-refractivity contribution in [3.63, 3.8) is 0 Å². The third kappa shape index (κ3) is 3.02. The molecule has 3 nitrogen and oxygen atoms in total. The van der Waals surface area contributed by atoms with Crippen LogP contribution in [0.25, 0.3) is 0 Å². The first kappa shape index (κ1) is 10.6. The van der Waals surface area contributed by atoms with Gasteiger partial charge in [-0.1, -0.05) is 5.92 Å². The van der Waals surface area contributed by atoms with Gasteiger partial charge in [0, 0.05) is 5.54 Å². The molecule has 74 valence electrons. The maximum atomic E-state index is 11.2. The van der Waals surface area contributed by atoms with E-state index in [4.69, 9.17) is 0 Å². The summed E-state index contributed by atoms with van der Waals surface area (Å²) in [5, 5.41) is 3.16. The van der Waals surface area contributed by atoms with Crippen molar-refractivity contribution >= 4 is 9.84 Å². The molecule has 1 saturated heterocycles. The predicted octanol–water partition coefficient (Wildman–Crippen LogP) is 0.177. The van der Waals surface area contributed by atoms with Crippen molar-refractivity contribution in [3.05, 3.63) is 0 Å². The van der Waals surface area contributed by atoms with Crippen molar-refractivity contribution in [3.8, 4) is 11.8 Å². The van der Waals surface area contributed by atoms with Gasteiger partial charge in [-0.05, 0) is 20.3 Å². The molecule has 0 aromatic heterocycles. The SMILES string of the molecule is CC#CCNC1(C)CCS(=O)(=O)C1. The molecule has 0 bridgehead atoms. The van der Waals surface area contributed by atoms with Gasteiger partial charge in [-0.3, -0.25) is 5.32 Å². The standard InChI is InChI=1S/C9H15NO2S/c1-3-4-6-10-9(2)5-7-13(11,12)8-9/h10H,5-8H2,1-2H3. The lowest BCUT2D eigenvalue weighted by atomic mass is 10.0. The van der Waals surface area contributed by atoms with Gasteiger partial charge in [0.15, 0.2) is 9.84 Å². The van der Waals surface area contributed by atoms with Gasteiger partial charge in [-0.2, -0.15) is 0 Å². The molecular formula is C9H15NO2S. The Bertz CT molecular complexity index is 336. The van der Waals surface area contributed by atoms with Crippen LogP contribution in [0.1, 0.15) is 20.3 Å². The molecule has 1 unspecified atom stereocenters. The van der Waals surface area contributed by atoms with Gasteiger partial charge < -0.3 is 0 Å². The molecule has 0 aromatic rings. The molecular weight excluding hydrogens is 186 g/mol. The summed E-state index contributed by atoms with van der Waals surface area (Å²) in [7, 11) is -2.80. The first-order valence-electron chi connectivity index (χ1n) is 4.32. The van der Waals surface area contributed by atoms with Gasteiger partial charge in [0.2, 0.25) is 0 Å². The second-order valence-electron chi connectivity index (χ2n) is 3.68. The molecule has 0 radical (unpaired) electrons. The Morgan fingerprint density at radius 2 is 2.23 bits per heavy atom. The second kappa shape index (κ2) is 3.69. The largest absolute Gasteiger partial charge is 0.300 e. The highest BCUT2D eigenvalue weighted by molar-refractivity contribution is 7.91. The Labute approximate surface area is 79.8 Å². The molecule has 0 aromatic carbocycles. The van der Waals surface area contributed by atoms with Gasteiger partial charge in [0.1, 0.15) is 0 Å². The lowest BCUT2D eigenvalue weighted by Gasteiger charge is -2.22. The molecule has 1 atom stereocenters. The zero-order valence-corrected chi connectivity index (χ0v) is 8.87. The molecule has 1 heterocycles. The van der Waals surface area contributed by atoms with E-state index in [1.54, 1.807) is 6.92 Å². The molecule has 4 heteroatoms. The lowest BCUT2D eigenvalue weighted by Crippen LogP contribution is -2.43. The minimum Gasteiger partial charge on any atom is -0.300 e. The number of sulfone groups is 1. The summed E-state index contributed by atoms with van der Waals surface area (Å²) in [6.45, 7) is 4.28. The Morgan fingerprint density at radius 3 is 2.69 bits per heavy atom. The minimum atomic E-state index is -2.80. The maximum absolute atomic E-state index is 11.2. The van der Waals surface area contributed by atoms with E-state index in [1.807, 2.05) is 6.92 Å². The van der Waals surface area contributed by atoms with Gasteiger partial charge in [-0.25, -0.2) is 8.42 Å². The Kier molecular flexibility index (Phi) is 2.99. The zero-order chi connectivity index (χ0) is 9.95. The van der Waals surface area contributed by atoms with E-state index in [0.29, 0.717) is 18.7 Å². The zero-order valence-electron chi connectivity index (χ0n) is 8.05. The molecule has 1 aliphatic heterocycles. The number of nitrogens with one attached hydrogen (secondary N) is 1. The van der Waals surface area contributed by atoms with Crippen LogP contribution in [-0.4, -0.2) is 32.0 Å². The number of rotatable bonds is 2. The molecule has 0 saturated carbocycles. The van der Waals surface area contributed by atoms with Crippen molar-refractivity contribution in [2.45, 2.75) is 25.8 Å². The summed E-state index contributed by atoms with van der Waals surface area (Å²) in [5.41, 5.74) is -0.261. The molecule has 1 N–H and O–H groups in total. The highest BCUT2D eigenvalue weighted by Gasteiger charge is 2.37. The molecule has 0 amide bonds. The third-order valence-electron chi connectivity index (χ3n) is 2.28. The fourth-order valence-corrected chi connectivity index (χ4v) is 3.62. The van der Waals surface area contributed by atoms with Crippen LogP contribution in [0.2, 0.25) is 0 Å². The smallest absolute Gasteiger partial charge is 0.152 e. The third-order valence-corrected chi connectivity index (χ3v) is 4.19. The van der Waals surface area contributed by atoms with Crippen molar-refractivity contribution in [2.24, 2.45) is 0 Å². The minimum absolute atomic E-state index is 0.241. The van der Waals surface area contributed by atoms with Crippen LogP contribution in [0.3, 0.4) is 0 Å². The normalized spacial score (nSPS) is 30.9. The highest BCUT2D eigenvalue weighted by Crippen LogP contribution is 2.22. The summed E-state index contributed by atoms with van der Waals surface area (Å²) in [6.07, 6.45) is 0.695.